The highest BCUT2D eigenvalue weighted by Gasteiger charge is 2.32. The molecular weight excluding hydrogens is 309 g/mol. The van der Waals surface area contributed by atoms with Gasteiger partial charge in [0.25, 0.3) is 0 Å². The average Bonchev–Trinajstić information content (AvgIpc) is 2.92. The van der Waals surface area contributed by atoms with Gasteiger partial charge in [-0.05, 0) is 26.2 Å². The van der Waals surface area contributed by atoms with Gasteiger partial charge in [-0.2, -0.15) is 5.10 Å². The molecule has 0 spiro atoms. The number of nitrogens with zero attached hydrogens (tertiary/aromatic N) is 2. The van der Waals surface area contributed by atoms with E-state index in [1.165, 1.54) is 12.1 Å². The van der Waals surface area contributed by atoms with Crippen molar-refractivity contribution in [3.8, 4) is 17.0 Å². The van der Waals surface area contributed by atoms with Crippen molar-refractivity contribution in [1.82, 2.24) is 20.4 Å². The molecule has 0 aliphatic heterocycles. The van der Waals surface area contributed by atoms with Crippen molar-refractivity contribution in [2.75, 3.05) is 27.2 Å². The van der Waals surface area contributed by atoms with Gasteiger partial charge in [-0.25, -0.2) is 0 Å². The van der Waals surface area contributed by atoms with Gasteiger partial charge in [0.1, 0.15) is 5.75 Å². The SMILES string of the molecule is CNCCN(C)Cc1cn[nH]c1-c1ccccc1OC(F)(F)F. The summed E-state index contributed by atoms with van der Waals surface area (Å²) < 4.78 is 41.8. The highest BCUT2D eigenvalue weighted by atomic mass is 19.4. The van der Waals surface area contributed by atoms with Crippen LogP contribution < -0.4 is 10.1 Å². The van der Waals surface area contributed by atoms with E-state index in [0.717, 1.165) is 18.7 Å². The Kier molecular flexibility index (Phi) is 5.62. The van der Waals surface area contributed by atoms with Crippen LogP contribution in [0.5, 0.6) is 5.75 Å². The van der Waals surface area contributed by atoms with E-state index in [1.54, 1.807) is 18.3 Å². The Labute approximate surface area is 132 Å². The van der Waals surface area contributed by atoms with Gasteiger partial charge in [0.05, 0.1) is 11.9 Å². The molecule has 0 radical (unpaired) electrons. The lowest BCUT2D eigenvalue weighted by Crippen LogP contribution is -2.27. The maximum Gasteiger partial charge on any atom is 0.573 e. The van der Waals surface area contributed by atoms with Crippen LogP contribution in [-0.4, -0.2) is 48.6 Å². The summed E-state index contributed by atoms with van der Waals surface area (Å²) in [6.45, 7) is 2.19. The van der Waals surface area contributed by atoms with Crippen LogP contribution >= 0.6 is 0 Å². The molecule has 23 heavy (non-hydrogen) atoms. The van der Waals surface area contributed by atoms with Crippen LogP contribution in [0.15, 0.2) is 30.5 Å². The maximum absolute atomic E-state index is 12.5. The first-order valence-corrected chi connectivity index (χ1v) is 7.11. The molecule has 0 saturated carbocycles. The van der Waals surface area contributed by atoms with Crippen LogP contribution in [0, 0.1) is 0 Å². The van der Waals surface area contributed by atoms with E-state index in [2.05, 4.69) is 25.2 Å². The first-order valence-electron chi connectivity index (χ1n) is 7.11. The van der Waals surface area contributed by atoms with Crippen molar-refractivity contribution in [3.05, 3.63) is 36.0 Å². The monoisotopic (exact) mass is 328 g/mol. The van der Waals surface area contributed by atoms with E-state index in [9.17, 15) is 13.2 Å². The van der Waals surface area contributed by atoms with Gasteiger partial charge in [0.15, 0.2) is 0 Å². The van der Waals surface area contributed by atoms with E-state index in [1.807, 2.05) is 14.1 Å². The summed E-state index contributed by atoms with van der Waals surface area (Å²) in [5.41, 5.74) is 1.67. The number of ether oxygens (including phenoxy) is 1. The van der Waals surface area contributed by atoms with Gasteiger partial charge < -0.3 is 15.0 Å². The Bertz CT molecular complexity index is 627. The van der Waals surface area contributed by atoms with Gasteiger partial charge in [-0.3, -0.25) is 5.10 Å². The van der Waals surface area contributed by atoms with E-state index < -0.39 is 6.36 Å². The Morgan fingerprint density at radius 1 is 1.30 bits per heavy atom. The lowest BCUT2D eigenvalue weighted by Gasteiger charge is -2.17. The fourth-order valence-electron chi connectivity index (χ4n) is 2.22. The molecule has 126 valence electrons. The van der Waals surface area contributed by atoms with Gasteiger partial charge >= 0.3 is 6.36 Å². The van der Waals surface area contributed by atoms with E-state index in [4.69, 9.17) is 0 Å². The summed E-state index contributed by atoms with van der Waals surface area (Å²) in [7, 11) is 3.80. The maximum atomic E-state index is 12.5. The molecule has 1 heterocycles. The van der Waals surface area contributed by atoms with Gasteiger partial charge in [-0.15, -0.1) is 13.2 Å². The molecule has 0 aliphatic carbocycles. The number of likely N-dealkylation sites (N-methyl/N-ethyl adjacent to an activating group) is 2. The molecule has 2 rings (SSSR count). The topological polar surface area (TPSA) is 53.2 Å². The molecule has 0 saturated heterocycles. The van der Waals surface area contributed by atoms with Crippen molar-refractivity contribution in [2.24, 2.45) is 0 Å². The average molecular weight is 328 g/mol. The number of H-pyrrole nitrogens is 1. The summed E-state index contributed by atoms with van der Waals surface area (Å²) in [6.07, 6.45) is -3.12. The second-order valence-electron chi connectivity index (χ2n) is 5.16. The number of rotatable bonds is 7. The zero-order valence-electron chi connectivity index (χ0n) is 12.9. The molecule has 0 bridgehead atoms. The Balaban J connectivity index is 2.25. The van der Waals surface area contributed by atoms with Gasteiger partial charge in [0.2, 0.25) is 0 Å². The first-order chi connectivity index (χ1) is 10.9. The van der Waals surface area contributed by atoms with Crippen molar-refractivity contribution in [3.63, 3.8) is 0 Å². The molecule has 1 aromatic heterocycles. The largest absolute Gasteiger partial charge is 0.573 e. The predicted molar refractivity (Wildman–Crippen MR) is 81.0 cm³/mol. The summed E-state index contributed by atoms with van der Waals surface area (Å²) in [4.78, 5) is 2.05. The summed E-state index contributed by atoms with van der Waals surface area (Å²) in [5.74, 6) is -0.247. The number of hydrogen-bond donors (Lipinski definition) is 2. The molecule has 0 atom stereocenters. The highest BCUT2D eigenvalue weighted by Crippen LogP contribution is 2.34. The third-order valence-electron chi connectivity index (χ3n) is 3.28. The van der Waals surface area contributed by atoms with E-state index in [0.29, 0.717) is 17.8 Å². The minimum atomic E-state index is -4.74. The second kappa shape index (κ2) is 7.47. The van der Waals surface area contributed by atoms with E-state index >= 15 is 0 Å². The van der Waals surface area contributed by atoms with Crippen LogP contribution in [-0.2, 0) is 6.54 Å². The second-order valence-corrected chi connectivity index (χ2v) is 5.16. The van der Waals surface area contributed by atoms with E-state index in [-0.39, 0.29) is 5.75 Å². The lowest BCUT2D eigenvalue weighted by atomic mass is 10.1. The quantitative estimate of drug-likeness (QED) is 0.820. The van der Waals surface area contributed by atoms with Gasteiger partial charge in [0, 0.05) is 30.8 Å². The van der Waals surface area contributed by atoms with Crippen molar-refractivity contribution < 1.29 is 17.9 Å². The molecular formula is C15H19F3N4O. The van der Waals surface area contributed by atoms with Crippen LogP contribution in [0.2, 0.25) is 0 Å². The number of halogens is 3. The Morgan fingerprint density at radius 2 is 2.04 bits per heavy atom. The number of benzene rings is 1. The standard InChI is InChI=1S/C15H19F3N4O/c1-19-7-8-22(2)10-11-9-20-21-14(11)12-5-3-4-6-13(12)23-15(16,17)18/h3-6,9,19H,7-8,10H2,1-2H3,(H,20,21). The molecule has 0 fully saturated rings. The van der Waals surface area contributed by atoms with Crippen LogP contribution in [0.1, 0.15) is 5.56 Å². The minimum absolute atomic E-state index is 0.247. The summed E-state index contributed by atoms with van der Waals surface area (Å²) in [5, 5.41) is 9.78. The number of hydrogen-bond acceptors (Lipinski definition) is 4. The van der Waals surface area contributed by atoms with Crippen molar-refractivity contribution in [2.45, 2.75) is 12.9 Å². The Hall–Kier alpha value is -2.06. The van der Waals surface area contributed by atoms with Crippen LogP contribution in [0.3, 0.4) is 0 Å². The fraction of sp³-hybridized carbons (Fsp3) is 0.400. The number of aromatic nitrogens is 2. The molecule has 2 N–H and O–H groups in total. The third kappa shape index (κ3) is 4.97. The lowest BCUT2D eigenvalue weighted by molar-refractivity contribution is -0.274. The highest BCUT2D eigenvalue weighted by molar-refractivity contribution is 5.69. The molecule has 0 aliphatic rings. The van der Waals surface area contributed by atoms with Crippen molar-refractivity contribution in [1.29, 1.82) is 0 Å². The summed E-state index contributed by atoms with van der Waals surface area (Å²) >= 11 is 0. The number of aromatic amines is 1. The first kappa shape index (κ1) is 17.3. The predicted octanol–water partition coefficient (Wildman–Crippen LogP) is 2.63. The molecule has 5 nitrogen and oxygen atoms in total. The zero-order valence-corrected chi connectivity index (χ0v) is 12.9. The molecule has 0 amide bonds. The van der Waals surface area contributed by atoms with Crippen LogP contribution in [0.25, 0.3) is 11.3 Å². The molecule has 0 unspecified atom stereocenters. The smallest absolute Gasteiger partial charge is 0.405 e. The van der Waals surface area contributed by atoms with Crippen LogP contribution in [0.4, 0.5) is 13.2 Å². The van der Waals surface area contributed by atoms with Crippen molar-refractivity contribution >= 4 is 0 Å². The summed E-state index contributed by atoms with van der Waals surface area (Å²) in [6, 6.07) is 6.03. The zero-order chi connectivity index (χ0) is 16.9. The normalized spacial score (nSPS) is 11.9. The molecule has 1 aromatic carbocycles. The molecule has 8 heteroatoms. The minimum Gasteiger partial charge on any atom is -0.405 e. The fourth-order valence-corrected chi connectivity index (χ4v) is 2.22. The Morgan fingerprint density at radius 3 is 2.74 bits per heavy atom. The third-order valence-corrected chi connectivity index (χ3v) is 3.28. The number of para-hydroxylation sites is 1. The van der Waals surface area contributed by atoms with Gasteiger partial charge in [-0.1, -0.05) is 12.1 Å². The molecule has 2 aromatic rings. The number of nitrogens with one attached hydrogen (secondary N) is 2. The number of alkyl halides is 3.